The van der Waals surface area contributed by atoms with Crippen molar-refractivity contribution in [3.63, 3.8) is 0 Å². The van der Waals surface area contributed by atoms with Gasteiger partial charge in [0, 0.05) is 17.0 Å². The molecule has 4 amide bonds. The summed E-state index contributed by atoms with van der Waals surface area (Å²) in [5.74, 6) is -0.969. The van der Waals surface area contributed by atoms with Gasteiger partial charge in [0.25, 0.3) is 17.7 Å². The van der Waals surface area contributed by atoms with Gasteiger partial charge in [-0.3, -0.25) is 24.1 Å². The molecule has 10 heteroatoms. The van der Waals surface area contributed by atoms with Gasteiger partial charge >= 0.3 is 0 Å². The summed E-state index contributed by atoms with van der Waals surface area (Å²) >= 11 is 1.29. The average molecular weight is 477 g/mol. The summed E-state index contributed by atoms with van der Waals surface area (Å²) in [6.07, 6.45) is 0. The maximum Gasteiger partial charge on any atom is 0.265 e. The Labute approximate surface area is 199 Å². The summed E-state index contributed by atoms with van der Waals surface area (Å²) in [4.78, 5) is 57.8. The van der Waals surface area contributed by atoms with E-state index in [9.17, 15) is 19.2 Å². The highest BCUT2D eigenvalue weighted by atomic mass is 32.1. The molecule has 3 heterocycles. The van der Waals surface area contributed by atoms with Gasteiger partial charge in [-0.1, -0.05) is 12.1 Å². The zero-order chi connectivity index (χ0) is 24.0. The minimum absolute atomic E-state index is 0.0131. The average Bonchev–Trinajstić information content (AvgIpc) is 3.31. The number of fused-ring (bicyclic) bond motifs is 2. The predicted molar refractivity (Wildman–Crippen MR) is 126 cm³/mol. The molecule has 0 aliphatic carbocycles. The van der Waals surface area contributed by atoms with Gasteiger partial charge in [0.1, 0.15) is 12.3 Å². The first kappa shape index (κ1) is 21.8. The van der Waals surface area contributed by atoms with E-state index in [2.05, 4.69) is 10.3 Å². The summed E-state index contributed by atoms with van der Waals surface area (Å²) < 4.78 is 5.53. The zero-order valence-electron chi connectivity index (χ0n) is 18.5. The number of aryl methyl sites for hydroxylation is 1. The number of carbonyl (C=O) groups is 4. The van der Waals surface area contributed by atoms with Crippen LogP contribution in [0.4, 0.5) is 10.8 Å². The minimum Gasteiger partial charge on any atom is -0.482 e. The van der Waals surface area contributed by atoms with Gasteiger partial charge in [0.05, 0.1) is 22.5 Å². The van der Waals surface area contributed by atoms with E-state index in [1.807, 2.05) is 26.0 Å². The van der Waals surface area contributed by atoms with E-state index in [0.29, 0.717) is 39.9 Å². The monoisotopic (exact) mass is 476 g/mol. The quantitative estimate of drug-likeness (QED) is 0.567. The molecule has 0 saturated carbocycles. The Kier molecular flexibility index (Phi) is 5.37. The number of ether oxygens (including phenoxy) is 1. The van der Waals surface area contributed by atoms with Crippen LogP contribution in [-0.2, 0) is 9.59 Å². The van der Waals surface area contributed by atoms with Crippen LogP contribution in [0.1, 0.15) is 32.5 Å². The number of aromatic nitrogens is 1. The molecule has 2 aliphatic heterocycles. The molecule has 0 spiro atoms. The summed E-state index contributed by atoms with van der Waals surface area (Å²) in [6.45, 7) is 3.92. The molecule has 0 saturated heterocycles. The highest BCUT2D eigenvalue weighted by molar-refractivity contribution is 7.16. The van der Waals surface area contributed by atoms with E-state index >= 15 is 0 Å². The summed E-state index contributed by atoms with van der Waals surface area (Å²) in [7, 11) is 0. The molecule has 3 aromatic rings. The lowest BCUT2D eigenvalue weighted by Gasteiger charge is -2.28. The van der Waals surface area contributed by atoms with Gasteiger partial charge in [-0.05, 0) is 44.2 Å². The standard InChI is InChI=1S/C24H20N4O5S/c1-3-27-17-10-14(8-9-18(17)33-12-20(27)30)21-13(2)34-24(26-21)25-19(29)11-28-22(31)15-6-4-5-7-16(15)23(28)32/h4-10H,3,11-12H2,1-2H3,(H,25,26,29). The number of anilines is 2. The number of thiazole rings is 1. The van der Waals surface area contributed by atoms with Crippen molar-refractivity contribution >= 4 is 45.8 Å². The summed E-state index contributed by atoms with van der Waals surface area (Å²) in [6, 6.07) is 12.0. The molecule has 34 heavy (non-hydrogen) atoms. The fourth-order valence-electron chi connectivity index (χ4n) is 4.10. The topological polar surface area (TPSA) is 109 Å². The van der Waals surface area contributed by atoms with Gasteiger partial charge < -0.3 is 15.0 Å². The molecule has 9 nitrogen and oxygen atoms in total. The molecule has 2 aliphatic rings. The maximum absolute atomic E-state index is 12.6. The van der Waals surface area contributed by atoms with Crippen molar-refractivity contribution < 1.29 is 23.9 Å². The van der Waals surface area contributed by atoms with Gasteiger partial charge in [0.2, 0.25) is 5.91 Å². The Morgan fingerprint density at radius 3 is 2.47 bits per heavy atom. The molecule has 0 fully saturated rings. The first-order valence-corrected chi connectivity index (χ1v) is 11.5. The van der Waals surface area contributed by atoms with Crippen molar-refractivity contribution in [3.05, 3.63) is 58.5 Å². The van der Waals surface area contributed by atoms with E-state index in [1.165, 1.54) is 11.3 Å². The third kappa shape index (κ3) is 3.61. The third-order valence-electron chi connectivity index (χ3n) is 5.71. The van der Waals surface area contributed by atoms with E-state index in [0.717, 1.165) is 15.3 Å². The van der Waals surface area contributed by atoms with E-state index < -0.39 is 24.3 Å². The molecule has 0 radical (unpaired) electrons. The second-order valence-electron chi connectivity index (χ2n) is 7.82. The number of nitrogens with zero attached hydrogens (tertiary/aromatic N) is 3. The van der Waals surface area contributed by atoms with Crippen molar-refractivity contribution in [3.8, 4) is 17.0 Å². The fraction of sp³-hybridized carbons (Fsp3) is 0.208. The number of hydrogen-bond donors (Lipinski definition) is 1. The Bertz CT molecular complexity index is 1330. The van der Waals surface area contributed by atoms with Crippen molar-refractivity contribution in [1.82, 2.24) is 9.88 Å². The molecule has 172 valence electrons. The first-order chi connectivity index (χ1) is 16.4. The SMILES string of the molecule is CCN1C(=O)COc2ccc(-c3nc(NC(=O)CN4C(=O)c5ccccc5C4=O)sc3C)cc21. The second-order valence-corrected chi connectivity index (χ2v) is 9.03. The number of benzene rings is 2. The van der Waals surface area contributed by atoms with Gasteiger partial charge in [-0.25, -0.2) is 4.98 Å². The van der Waals surface area contributed by atoms with Gasteiger partial charge in [-0.2, -0.15) is 0 Å². The smallest absolute Gasteiger partial charge is 0.265 e. The second kappa shape index (κ2) is 8.38. The number of likely N-dealkylation sites (N-methyl/N-ethyl adjacent to an activating group) is 1. The van der Waals surface area contributed by atoms with E-state index in [4.69, 9.17) is 4.74 Å². The van der Waals surface area contributed by atoms with Crippen LogP contribution in [0.5, 0.6) is 5.75 Å². The van der Waals surface area contributed by atoms with Crippen LogP contribution < -0.4 is 15.0 Å². The molecule has 0 bridgehead atoms. The largest absolute Gasteiger partial charge is 0.482 e. The Balaban J connectivity index is 1.34. The lowest BCUT2D eigenvalue weighted by Crippen LogP contribution is -2.38. The Hall–Kier alpha value is -4.05. The highest BCUT2D eigenvalue weighted by Gasteiger charge is 2.36. The normalized spacial score (nSPS) is 14.7. The number of hydrogen-bond acceptors (Lipinski definition) is 7. The summed E-state index contributed by atoms with van der Waals surface area (Å²) in [5, 5.41) is 3.04. The van der Waals surface area contributed by atoms with Crippen molar-refractivity contribution in [2.24, 2.45) is 0 Å². The van der Waals surface area contributed by atoms with Crippen LogP contribution in [0.15, 0.2) is 42.5 Å². The molecule has 1 aromatic heterocycles. The number of amides is 4. The fourth-order valence-corrected chi connectivity index (χ4v) is 4.95. The Morgan fingerprint density at radius 2 is 1.79 bits per heavy atom. The molecule has 0 unspecified atom stereocenters. The number of imide groups is 1. The van der Waals surface area contributed by atoms with Gasteiger partial charge in [0.15, 0.2) is 11.7 Å². The van der Waals surface area contributed by atoms with Crippen molar-refractivity contribution in [2.75, 3.05) is 29.9 Å². The number of nitrogens with one attached hydrogen (secondary N) is 1. The van der Waals surface area contributed by atoms with Crippen LogP contribution in [-0.4, -0.2) is 53.2 Å². The molecular weight excluding hydrogens is 456 g/mol. The number of rotatable bonds is 5. The van der Waals surface area contributed by atoms with Crippen LogP contribution in [0.3, 0.4) is 0 Å². The highest BCUT2D eigenvalue weighted by Crippen LogP contribution is 2.38. The van der Waals surface area contributed by atoms with E-state index in [-0.39, 0.29) is 12.5 Å². The van der Waals surface area contributed by atoms with Crippen LogP contribution in [0.25, 0.3) is 11.3 Å². The summed E-state index contributed by atoms with van der Waals surface area (Å²) in [5.41, 5.74) is 2.72. The lowest BCUT2D eigenvalue weighted by molar-refractivity contribution is -0.121. The molecular formula is C24H20N4O5S. The molecule has 5 rings (SSSR count). The van der Waals surface area contributed by atoms with Crippen LogP contribution in [0.2, 0.25) is 0 Å². The van der Waals surface area contributed by atoms with Crippen LogP contribution in [0, 0.1) is 6.92 Å². The molecule has 0 atom stereocenters. The van der Waals surface area contributed by atoms with Crippen LogP contribution >= 0.6 is 11.3 Å². The number of carbonyl (C=O) groups excluding carboxylic acids is 4. The minimum atomic E-state index is -0.517. The van der Waals surface area contributed by atoms with Gasteiger partial charge in [-0.15, -0.1) is 11.3 Å². The Morgan fingerprint density at radius 1 is 1.09 bits per heavy atom. The molecule has 1 N–H and O–H groups in total. The lowest BCUT2D eigenvalue weighted by atomic mass is 10.1. The maximum atomic E-state index is 12.6. The van der Waals surface area contributed by atoms with Crippen molar-refractivity contribution in [1.29, 1.82) is 0 Å². The van der Waals surface area contributed by atoms with Crippen molar-refractivity contribution in [2.45, 2.75) is 13.8 Å². The first-order valence-electron chi connectivity index (χ1n) is 10.7. The predicted octanol–water partition coefficient (Wildman–Crippen LogP) is 3.10. The zero-order valence-corrected chi connectivity index (χ0v) is 19.3. The third-order valence-corrected chi connectivity index (χ3v) is 6.60. The molecule has 2 aromatic carbocycles. The van der Waals surface area contributed by atoms with E-state index in [1.54, 1.807) is 35.2 Å².